The number of carboxylic acids is 1. The molecule has 162 valence electrons. The maximum Gasteiger partial charge on any atom is 0.408 e. The third-order valence-electron chi connectivity index (χ3n) is 4.41. The number of benzene rings is 1. The lowest BCUT2D eigenvalue weighted by molar-refractivity contribution is -0.147. The van der Waals surface area contributed by atoms with E-state index in [0.29, 0.717) is 13.0 Å². The monoisotopic (exact) mass is 406 g/mol. The first-order valence-corrected chi connectivity index (χ1v) is 10.1. The van der Waals surface area contributed by atoms with E-state index in [4.69, 9.17) is 10.5 Å². The van der Waals surface area contributed by atoms with E-state index in [1.165, 1.54) is 0 Å². The van der Waals surface area contributed by atoms with Gasteiger partial charge < -0.3 is 20.9 Å². The number of nitrogens with one attached hydrogen (secondary N) is 1. The van der Waals surface area contributed by atoms with Gasteiger partial charge in [-0.05, 0) is 52.1 Å². The van der Waals surface area contributed by atoms with Crippen molar-refractivity contribution in [3.05, 3.63) is 35.9 Å². The Kier molecular flexibility index (Phi) is 10.4. The lowest BCUT2D eigenvalue weighted by Crippen LogP contribution is -2.48. The Morgan fingerprint density at radius 3 is 2.24 bits per heavy atom. The summed E-state index contributed by atoms with van der Waals surface area (Å²) in [5, 5.41) is 12.2. The predicted octanol–water partition coefficient (Wildman–Crippen LogP) is 3.30. The zero-order valence-electron chi connectivity index (χ0n) is 17.6. The minimum atomic E-state index is -1.17. The van der Waals surface area contributed by atoms with Crippen molar-refractivity contribution < 1.29 is 24.2 Å². The number of amides is 1. The molecule has 0 aliphatic heterocycles. The van der Waals surface area contributed by atoms with E-state index >= 15 is 0 Å². The Labute approximate surface area is 173 Å². The number of aliphatic carboxylic acids is 1. The fraction of sp³-hybridized carbons (Fsp3) is 0.591. The summed E-state index contributed by atoms with van der Waals surface area (Å²) in [6.45, 7) is 5.77. The summed E-state index contributed by atoms with van der Waals surface area (Å²) < 4.78 is 5.26. The number of nitrogens with two attached hydrogens (primary N) is 1. The number of hydrogen-bond donors (Lipinski definition) is 3. The van der Waals surface area contributed by atoms with Gasteiger partial charge in [0.1, 0.15) is 11.5 Å². The molecule has 29 heavy (non-hydrogen) atoms. The van der Waals surface area contributed by atoms with Crippen LogP contribution in [0, 0.1) is 5.92 Å². The molecule has 0 saturated heterocycles. The molecule has 0 radical (unpaired) electrons. The van der Waals surface area contributed by atoms with Gasteiger partial charge in [0.25, 0.3) is 0 Å². The minimum Gasteiger partial charge on any atom is -0.481 e. The molecule has 0 heterocycles. The first kappa shape index (κ1) is 24.6. The smallest absolute Gasteiger partial charge is 0.408 e. The first-order valence-electron chi connectivity index (χ1n) is 10.1. The number of ether oxygens (including phenoxy) is 1. The SMILES string of the molecule is CC(C)(C)OC(=O)N[C@@H](Cc1ccccc1)C(=O)C(CCCCCCN)C(=O)O. The molecule has 0 saturated carbocycles. The molecule has 0 aliphatic carbocycles. The zero-order chi connectivity index (χ0) is 21.9. The average molecular weight is 407 g/mol. The van der Waals surface area contributed by atoms with E-state index in [0.717, 1.165) is 24.8 Å². The molecule has 0 bridgehead atoms. The van der Waals surface area contributed by atoms with Gasteiger partial charge in [-0.15, -0.1) is 0 Å². The number of carboxylic acid groups (broad SMARTS) is 1. The zero-order valence-corrected chi connectivity index (χ0v) is 17.6. The van der Waals surface area contributed by atoms with Gasteiger partial charge in [-0.25, -0.2) is 4.79 Å². The number of unbranched alkanes of at least 4 members (excludes halogenated alkanes) is 3. The van der Waals surface area contributed by atoms with Gasteiger partial charge in [-0.1, -0.05) is 49.6 Å². The van der Waals surface area contributed by atoms with Crippen LogP contribution in [-0.4, -0.2) is 41.1 Å². The minimum absolute atomic E-state index is 0.204. The normalized spacial score (nSPS) is 13.4. The summed E-state index contributed by atoms with van der Waals surface area (Å²) in [6, 6.07) is 8.20. The highest BCUT2D eigenvalue weighted by atomic mass is 16.6. The van der Waals surface area contributed by atoms with Crippen LogP contribution in [0.5, 0.6) is 0 Å². The second-order valence-corrected chi connectivity index (χ2v) is 8.17. The van der Waals surface area contributed by atoms with Crippen LogP contribution in [0.2, 0.25) is 0 Å². The Balaban J connectivity index is 2.90. The summed E-state index contributed by atoms with van der Waals surface area (Å²) in [6.07, 6.45) is 2.92. The van der Waals surface area contributed by atoms with E-state index in [2.05, 4.69) is 5.32 Å². The maximum atomic E-state index is 13.0. The van der Waals surface area contributed by atoms with Crippen LogP contribution in [0.25, 0.3) is 0 Å². The molecule has 0 spiro atoms. The van der Waals surface area contributed by atoms with Crippen molar-refractivity contribution in [2.45, 2.75) is 70.9 Å². The molecular weight excluding hydrogens is 372 g/mol. The van der Waals surface area contributed by atoms with Gasteiger partial charge in [0.05, 0.1) is 6.04 Å². The van der Waals surface area contributed by atoms with Crippen molar-refractivity contribution in [3.63, 3.8) is 0 Å². The lowest BCUT2D eigenvalue weighted by Gasteiger charge is -2.25. The third-order valence-corrected chi connectivity index (χ3v) is 4.41. The molecule has 1 amide bonds. The number of rotatable bonds is 12. The Morgan fingerprint density at radius 2 is 1.69 bits per heavy atom. The topological polar surface area (TPSA) is 119 Å². The van der Waals surface area contributed by atoms with Crippen molar-refractivity contribution >= 4 is 17.8 Å². The fourth-order valence-corrected chi connectivity index (χ4v) is 3.00. The van der Waals surface area contributed by atoms with Gasteiger partial charge in [0, 0.05) is 0 Å². The number of ketones is 1. The van der Waals surface area contributed by atoms with Gasteiger partial charge in [0.2, 0.25) is 0 Å². The average Bonchev–Trinajstić information content (AvgIpc) is 2.62. The number of carbonyl (C=O) groups is 3. The molecule has 7 heteroatoms. The summed E-state index contributed by atoms with van der Waals surface area (Å²) in [4.78, 5) is 37.0. The van der Waals surface area contributed by atoms with Crippen LogP contribution in [0.4, 0.5) is 4.79 Å². The first-order chi connectivity index (χ1) is 13.6. The van der Waals surface area contributed by atoms with Crippen LogP contribution in [0.3, 0.4) is 0 Å². The highest BCUT2D eigenvalue weighted by Gasteiger charge is 2.33. The maximum absolute atomic E-state index is 13.0. The van der Waals surface area contributed by atoms with Crippen molar-refractivity contribution in [1.82, 2.24) is 5.32 Å². The fourth-order valence-electron chi connectivity index (χ4n) is 3.00. The van der Waals surface area contributed by atoms with Crippen LogP contribution in [0.1, 0.15) is 58.4 Å². The number of hydrogen-bond acceptors (Lipinski definition) is 5. The highest BCUT2D eigenvalue weighted by molar-refractivity contribution is 6.02. The molecule has 0 aromatic heterocycles. The van der Waals surface area contributed by atoms with Crippen LogP contribution >= 0.6 is 0 Å². The number of alkyl carbamates (subject to hydrolysis) is 1. The number of Topliss-reactive ketones (excluding diaryl/α,β-unsaturated/α-hetero) is 1. The highest BCUT2D eigenvalue weighted by Crippen LogP contribution is 2.17. The van der Waals surface area contributed by atoms with E-state index in [1.807, 2.05) is 30.3 Å². The number of carbonyl (C=O) groups excluding carboxylic acids is 2. The standard InChI is InChI=1S/C22H34N2O5/c1-22(2,3)29-21(28)24-18(15-16-11-7-6-8-12-16)19(25)17(20(26)27)13-9-4-5-10-14-23/h6-8,11-12,17-18H,4-5,9-10,13-15,23H2,1-3H3,(H,24,28)(H,26,27)/t17?,18-/m0/s1. The van der Waals surface area contributed by atoms with E-state index < -0.39 is 35.4 Å². The van der Waals surface area contributed by atoms with Crippen molar-refractivity contribution in [2.24, 2.45) is 11.7 Å². The molecule has 0 fully saturated rings. The van der Waals surface area contributed by atoms with Crippen LogP contribution in [0.15, 0.2) is 30.3 Å². The van der Waals surface area contributed by atoms with Crippen LogP contribution in [-0.2, 0) is 20.7 Å². The Morgan fingerprint density at radius 1 is 1.07 bits per heavy atom. The van der Waals surface area contributed by atoms with E-state index in [9.17, 15) is 19.5 Å². The van der Waals surface area contributed by atoms with Gasteiger partial charge >= 0.3 is 12.1 Å². The molecular formula is C22H34N2O5. The van der Waals surface area contributed by atoms with Crippen molar-refractivity contribution in [2.75, 3.05) is 6.54 Å². The summed E-state index contributed by atoms with van der Waals surface area (Å²) in [7, 11) is 0. The quantitative estimate of drug-likeness (QED) is 0.362. The third kappa shape index (κ3) is 10.1. The van der Waals surface area contributed by atoms with Crippen molar-refractivity contribution in [3.8, 4) is 0 Å². The summed E-state index contributed by atoms with van der Waals surface area (Å²) in [5.41, 5.74) is 5.57. The van der Waals surface area contributed by atoms with Gasteiger partial charge in [-0.2, -0.15) is 0 Å². The Hall–Kier alpha value is -2.41. The molecule has 1 unspecified atom stereocenters. The van der Waals surface area contributed by atoms with Crippen LogP contribution < -0.4 is 11.1 Å². The molecule has 2 atom stereocenters. The molecule has 1 rings (SSSR count). The largest absolute Gasteiger partial charge is 0.481 e. The van der Waals surface area contributed by atoms with E-state index in [1.54, 1.807) is 20.8 Å². The second-order valence-electron chi connectivity index (χ2n) is 8.17. The molecule has 0 aliphatic rings. The molecule has 1 aromatic rings. The van der Waals surface area contributed by atoms with Crippen molar-refractivity contribution in [1.29, 1.82) is 0 Å². The van der Waals surface area contributed by atoms with Gasteiger partial charge in [-0.3, -0.25) is 9.59 Å². The van der Waals surface area contributed by atoms with E-state index in [-0.39, 0.29) is 12.8 Å². The molecule has 4 N–H and O–H groups in total. The molecule has 1 aromatic carbocycles. The molecule has 7 nitrogen and oxygen atoms in total. The van der Waals surface area contributed by atoms with Gasteiger partial charge in [0.15, 0.2) is 5.78 Å². The second kappa shape index (κ2) is 12.2. The lowest BCUT2D eigenvalue weighted by atomic mass is 9.89. The summed E-state index contributed by atoms with van der Waals surface area (Å²) in [5.74, 6) is -2.85. The predicted molar refractivity (Wildman–Crippen MR) is 112 cm³/mol. The Bertz CT molecular complexity index is 655. The summed E-state index contributed by atoms with van der Waals surface area (Å²) >= 11 is 0.